The molecule has 0 spiro atoms. The van der Waals surface area contributed by atoms with Gasteiger partial charge in [-0.25, -0.2) is 0 Å². The average Bonchev–Trinajstić information content (AvgIpc) is 2.57. The van der Waals surface area contributed by atoms with Gasteiger partial charge in [-0.05, 0) is 26.1 Å². The molecular formula is C18H23N5O2. The summed E-state index contributed by atoms with van der Waals surface area (Å²) < 4.78 is 0. The largest absolute Gasteiger partial charge is 0.325 e. The van der Waals surface area contributed by atoms with E-state index >= 15 is 0 Å². The second kappa shape index (κ2) is 8.89. The van der Waals surface area contributed by atoms with Gasteiger partial charge in [0, 0.05) is 38.0 Å². The number of hydrogen-bond acceptors (Lipinski definition) is 5. The normalized spacial score (nSPS) is 11.8. The number of aromatic nitrogens is 2. The quantitative estimate of drug-likeness (QED) is 0.803. The highest BCUT2D eigenvalue weighted by Gasteiger charge is 2.15. The second-order valence-corrected chi connectivity index (χ2v) is 5.94. The number of nitrogens with zero attached hydrogens (tertiary/aromatic N) is 3. The third-order valence-electron chi connectivity index (χ3n) is 3.78. The summed E-state index contributed by atoms with van der Waals surface area (Å²) in [6.45, 7) is 3.70. The molecule has 2 N–H and O–H groups in total. The highest BCUT2D eigenvalue weighted by atomic mass is 16.2. The van der Waals surface area contributed by atoms with E-state index in [2.05, 4.69) is 20.6 Å². The van der Waals surface area contributed by atoms with Gasteiger partial charge in [-0.3, -0.25) is 24.5 Å². The lowest BCUT2D eigenvalue weighted by atomic mass is 10.1. The summed E-state index contributed by atoms with van der Waals surface area (Å²) in [5, 5.41) is 5.55. The van der Waals surface area contributed by atoms with Gasteiger partial charge in [0.05, 0.1) is 23.6 Å². The van der Waals surface area contributed by atoms with Crippen molar-refractivity contribution in [2.24, 2.45) is 0 Å². The highest BCUT2D eigenvalue weighted by molar-refractivity contribution is 5.99. The summed E-state index contributed by atoms with van der Waals surface area (Å²) in [4.78, 5) is 33.8. The van der Waals surface area contributed by atoms with Crippen LogP contribution in [0.5, 0.6) is 0 Å². The third kappa shape index (κ3) is 5.96. The summed E-state index contributed by atoms with van der Waals surface area (Å²) in [6.07, 6.45) is 5.74. The molecule has 2 amide bonds. The van der Waals surface area contributed by atoms with E-state index in [1.165, 1.54) is 6.92 Å². The second-order valence-electron chi connectivity index (χ2n) is 5.94. The van der Waals surface area contributed by atoms with Gasteiger partial charge >= 0.3 is 0 Å². The maximum atomic E-state index is 12.3. The minimum absolute atomic E-state index is 0.132. The molecule has 0 radical (unpaired) electrons. The van der Waals surface area contributed by atoms with Crippen molar-refractivity contribution in [3.8, 4) is 0 Å². The van der Waals surface area contributed by atoms with Crippen molar-refractivity contribution >= 4 is 23.2 Å². The average molecular weight is 341 g/mol. The highest BCUT2D eigenvalue weighted by Crippen LogP contribution is 2.20. The summed E-state index contributed by atoms with van der Waals surface area (Å²) in [5.41, 5.74) is 2.05. The number of nitrogens with one attached hydrogen (secondary N) is 2. The van der Waals surface area contributed by atoms with E-state index in [0.717, 1.165) is 5.69 Å². The molecule has 1 aromatic heterocycles. The smallest absolute Gasteiger partial charge is 0.238 e. The minimum Gasteiger partial charge on any atom is -0.325 e. The lowest BCUT2D eigenvalue weighted by Crippen LogP contribution is -2.37. The Kier molecular flexibility index (Phi) is 6.59. The SMILES string of the molecule is CC(=O)Nc1ccccc1NC(=O)CN(C)C(C)Cc1cnccn1. The van der Waals surface area contributed by atoms with Gasteiger partial charge in [0.1, 0.15) is 0 Å². The predicted octanol–water partition coefficient (Wildman–Crippen LogP) is 1.94. The first-order valence-electron chi connectivity index (χ1n) is 8.07. The van der Waals surface area contributed by atoms with E-state index in [9.17, 15) is 9.59 Å². The Morgan fingerprint density at radius 1 is 1.16 bits per heavy atom. The van der Waals surface area contributed by atoms with Gasteiger partial charge in [0.2, 0.25) is 11.8 Å². The fourth-order valence-electron chi connectivity index (χ4n) is 2.36. The molecule has 0 aliphatic heterocycles. The van der Waals surface area contributed by atoms with Crippen LogP contribution in [0.4, 0.5) is 11.4 Å². The van der Waals surface area contributed by atoms with Crippen LogP contribution >= 0.6 is 0 Å². The molecule has 132 valence electrons. The Hall–Kier alpha value is -2.80. The molecule has 1 unspecified atom stereocenters. The first kappa shape index (κ1) is 18.5. The molecular weight excluding hydrogens is 318 g/mol. The molecule has 1 atom stereocenters. The number of anilines is 2. The van der Waals surface area contributed by atoms with Crippen molar-refractivity contribution in [3.05, 3.63) is 48.5 Å². The number of para-hydroxylation sites is 2. The molecule has 0 aliphatic rings. The van der Waals surface area contributed by atoms with Crippen LogP contribution in [0.1, 0.15) is 19.5 Å². The number of amides is 2. The van der Waals surface area contributed by atoms with Gasteiger partial charge in [-0.1, -0.05) is 12.1 Å². The number of likely N-dealkylation sites (N-methyl/N-ethyl adjacent to an activating group) is 1. The zero-order chi connectivity index (χ0) is 18.2. The van der Waals surface area contributed by atoms with Crippen molar-refractivity contribution in [3.63, 3.8) is 0 Å². The molecule has 2 aromatic rings. The standard InChI is InChI=1S/C18H23N5O2/c1-13(10-15-11-19-8-9-20-15)23(3)12-18(25)22-17-7-5-4-6-16(17)21-14(2)24/h4-9,11,13H,10,12H2,1-3H3,(H,21,24)(H,22,25). The summed E-state index contributed by atoms with van der Waals surface area (Å²) in [6, 6.07) is 7.24. The van der Waals surface area contributed by atoms with Crippen LogP contribution in [0.2, 0.25) is 0 Å². The molecule has 0 saturated heterocycles. The molecule has 25 heavy (non-hydrogen) atoms. The number of benzene rings is 1. The van der Waals surface area contributed by atoms with Crippen molar-refractivity contribution in [2.45, 2.75) is 26.3 Å². The van der Waals surface area contributed by atoms with Gasteiger partial charge in [0.15, 0.2) is 0 Å². The van der Waals surface area contributed by atoms with Gasteiger partial charge < -0.3 is 10.6 Å². The minimum atomic E-state index is -0.184. The number of carbonyl (C=O) groups is 2. The van der Waals surface area contributed by atoms with Crippen LogP contribution in [0.3, 0.4) is 0 Å². The fraction of sp³-hybridized carbons (Fsp3) is 0.333. The zero-order valence-corrected chi connectivity index (χ0v) is 14.7. The van der Waals surface area contributed by atoms with Gasteiger partial charge in [-0.15, -0.1) is 0 Å². The van der Waals surface area contributed by atoms with E-state index in [-0.39, 0.29) is 24.4 Å². The van der Waals surface area contributed by atoms with Gasteiger partial charge in [0.25, 0.3) is 0 Å². The van der Waals surface area contributed by atoms with E-state index in [1.54, 1.807) is 42.9 Å². The topological polar surface area (TPSA) is 87.2 Å². The lowest BCUT2D eigenvalue weighted by molar-refractivity contribution is -0.117. The third-order valence-corrected chi connectivity index (χ3v) is 3.78. The molecule has 7 heteroatoms. The van der Waals surface area contributed by atoms with Crippen LogP contribution in [0, 0.1) is 0 Å². The van der Waals surface area contributed by atoms with E-state index in [1.807, 2.05) is 18.9 Å². The Morgan fingerprint density at radius 2 is 1.84 bits per heavy atom. The van der Waals surface area contributed by atoms with Crippen molar-refractivity contribution in [1.82, 2.24) is 14.9 Å². The maximum absolute atomic E-state index is 12.3. The molecule has 2 rings (SSSR count). The predicted molar refractivity (Wildman–Crippen MR) is 97.2 cm³/mol. The Bertz CT molecular complexity index is 720. The fourth-order valence-corrected chi connectivity index (χ4v) is 2.36. The van der Waals surface area contributed by atoms with E-state index in [4.69, 9.17) is 0 Å². The van der Waals surface area contributed by atoms with Crippen molar-refractivity contribution in [2.75, 3.05) is 24.2 Å². The zero-order valence-electron chi connectivity index (χ0n) is 14.7. The Balaban J connectivity index is 1.92. The maximum Gasteiger partial charge on any atom is 0.238 e. The molecule has 1 heterocycles. The number of rotatable bonds is 7. The van der Waals surface area contributed by atoms with E-state index < -0.39 is 0 Å². The molecule has 1 aromatic carbocycles. The summed E-state index contributed by atoms with van der Waals surface area (Å²) >= 11 is 0. The monoisotopic (exact) mass is 341 g/mol. The first-order chi connectivity index (χ1) is 12.0. The van der Waals surface area contributed by atoms with Crippen LogP contribution in [0.15, 0.2) is 42.9 Å². The first-order valence-corrected chi connectivity index (χ1v) is 8.07. The molecule has 0 fully saturated rings. The van der Waals surface area contributed by atoms with Gasteiger partial charge in [-0.2, -0.15) is 0 Å². The molecule has 0 bridgehead atoms. The Labute approximate surface area is 147 Å². The van der Waals surface area contributed by atoms with Crippen LogP contribution in [0.25, 0.3) is 0 Å². The van der Waals surface area contributed by atoms with Crippen molar-refractivity contribution < 1.29 is 9.59 Å². The summed E-state index contributed by atoms with van der Waals surface area (Å²) in [5.74, 6) is -0.331. The summed E-state index contributed by atoms with van der Waals surface area (Å²) in [7, 11) is 1.89. The Morgan fingerprint density at radius 3 is 2.44 bits per heavy atom. The van der Waals surface area contributed by atoms with E-state index in [0.29, 0.717) is 17.8 Å². The van der Waals surface area contributed by atoms with Crippen molar-refractivity contribution in [1.29, 1.82) is 0 Å². The van der Waals surface area contributed by atoms with Crippen LogP contribution in [-0.4, -0.2) is 46.3 Å². The van der Waals surface area contributed by atoms with Crippen LogP contribution in [-0.2, 0) is 16.0 Å². The molecule has 7 nitrogen and oxygen atoms in total. The number of carbonyl (C=O) groups excluding carboxylic acids is 2. The molecule has 0 saturated carbocycles. The van der Waals surface area contributed by atoms with Crippen LogP contribution < -0.4 is 10.6 Å². The number of hydrogen-bond donors (Lipinski definition) is 2. The molecule has 0 aliphatic carbocycles. The lowest BCUT2D eigenvalue weighted by Gasteiger charge is -2.24.